The van der Waals surface area contributed by atoms with Crippen molar-refractivity contribution in [3.63, 3.8) is 0 Å². The van der Waals surface area contributed by atoms with Gasteiger partial charge >= 0.3 is 5.97 Å². The molecule has 132 valence electrons. The maximum Gasteiger partial charge on any atom is 0.303 e. The van der Waals surface area contributed by atoms with Crippen molar-refractivity contribution in [3.05, 3.63) is 29.8 Å². The lowest BCUT2D eigenvalue weighted by atomic mass is 9.93. The Morgan fingerprint density at radius 3 is 2.88 bits per heavy atom. The summed E-state index contributed by atoms with van der Waals surface area (Å²) in [5.41, 5.74) is 0.634. The van der Waals surface area contributed by atoms with Crippen molar-refractivity contribution in [2.24, 2.45) is 11.8 Å². The summed E-state index contributed by atoms with van der Waals surface area (Å²) in [5.74, 6) is 0.660. The van der Waals surface area contributed by atoms with Crippen LogP contribution in [0.3, 0.4) is 0 Å². The van der Waals surface area contributed by atoms with Gasteiger partial charge in [-0.15, -0.1) is 0 Å². The monoisotopic (exact) mass is 333 g/mol. The molecular weight excluding hydrogens is 306 g/mol. The molecule has 1 atom stereocenters. The molecule has 1 unspecified atom stereocenters. The highest BCUT2D eigenvalue weighted by molar-refractivity contribution is 5.94. The van der Waals surface area contributed by atoms with Gasteiger partial charge in [-0.1, -0.05) is 19.9 Å². The molecule has 1 aromatic carbocycles. The van der Waals surface area contributed by atoms with E-state index in [9.17, 15) is 9.59 Å². The van der Waals surface area contributed by atoms with Gasteiger partial charge in [-0.2, -0.15) is 0 Å². The molecule has 1 amide bonds. The molecule has 24 heavy (non-hydrogen) atoms. The first-order chi connectivity index (χ1) is 11.5. The van der Waals surface area contributed by atoms with Crippen molar-refractivity contribution < 1.29 is 19.4 Å². The topological polar surface area (TPSA) is 66.8 Å². The van der Waals surface area contributed by atoms with Gasteiger partial charge in [0, 0.05) is 25.1 Å². The highest BCUT2D eigenvalue weighted by atomic mass is 16.5. The molecule has 5 heteroatoms. The Labute approximate surface area is 143 Å². The number of aliphatic carboxylic acids is 1. The SMILES string of the molecule is CC(C)COc1cccc(C(=O)N2CCCC(CCC(=O)O)C2)c1. The van der Waals surface area contributed by atoms with E-state index < -0.39 is 5.97 Å². The van der Waals surface area contributed by atoms with Gasteiger partial charge in [-0.05, 0) is 49.3 Å². The fourth-order valence-corrected chi connectivity index (χ4v) is 2.98. The van der Waals surface area contributed by atoms with Crippen LogP contribution < -0.4 is 4.74 Å². The zero-order valence-electron chi connectivity index (χ0n) is 14.5. The maximum absolute atomic E-state index is 12.7. The predicted molar refractivity (Wildman–Crippen MR) is 92.3 cm³/mol. The number of hydrogen-bond donors (Lipinski definition) is 1. The van der Waals surface area contributed by atoms with Gasteiger partial charge in [-0.25, -0.2) is 0 Å². The van der Waals surface area contributed by atoms with Crippen molar-refractivity contribution in [1.82, 2.24) is 4.90 Å². The fraction of sp³-hybridized carbons (Fsp3) is 0.579. The molecular formula is C19H27NO4. The predicted octanol–water partition coefficient (Wildman–Crippen LogP) is 3.44. The van der Waals surface area contributed by atoms with E-state index in [1.165, 1.54) is 0 Å². The molecule has 1 N–H and O–H groups in total. The largest absolute Gasteiger partial charge is 0.493 e. The lowest BCUT2D eigenvalue weighted by molar-refractivity contribution is -0.137. The van der Waals surface area contributed by atoms with Crippen LogP contribution in [0.2, 0.25) is 0 Å². The molecule has 1 heterocycles. The zero-order chi connectivity index (χ0) is 17.5. The highest BCUT2D eigenvalue weighted by Gasteiger charge is 2.25. The quantitative estimate of drug-likeness (QED) is 0.830. The van der Waals surface area contributed by atoms with Crippen LogP contribution in [0.5, 0.6) is 5.75 Å². The van der Waals surface area contributed by atoms with Crippen molar-refractivity contribution in [3.8, 4) is 5.75 Å². The second-order valence-corrected chi connectivity index (χ2v) is 6.92. The number of carbonyl (C=O) groups is 2. The zero-order valence-corrected chi connectivity index (χ0v) is 14.5. The average molecular weight is 333 g/mol. The lowest BCUT2D eigenvalue weighted by Crippen LogP contribution is -2.40. The number of likely N-dealkylation sites (tertiary alicyclic amines) is 1. The molecule has 0 aromatic heterocycles. The summed E-state index contributed by atoms with van der Waals surface area (Å²) in [5, 5.41) is 8.82. The molecule has 0 aliphatic carbocycles. The van der Waals surface area contributed by atoms with Crippen LogP contribution in [-0.4, -0.2) is 41.6 Å². The Morgan fingerprint density at radius 1 is 1.38 bits per heavy atom. The van der Waals surface area contributed by atoms with E-state index in [1.54, 1.807) is 6.07 Å². The van der Waals surface area contributed by atoms with E-state index in [2.05, 4.69) is 13.8 Å². The summed E-state index contributed by atoms with van der Waals surface area (Å²) in [4.78, 5) is 25.3. The number of nitrogens with zero attached hydrogens (tertiary/aromatic N) is 1. The molecule has 1 aliphatic rings. The third-order valence-electron chi connectivity index (χ3n) is 4.24. The number of ether oxygens (including phenoxy) is 1. The van der Waals surface area contributed by atoms with Crippen molar-refractivity contribution >= 4 is 11.9 Å². The second kappa shape index (κ2) is 8.71. The minimum atomic E-state index is -0.770. The summed E-state index contributed by atoms with van der Waals surface area (Å²) in [6.45, 7) is 6.17. The summed E-state index contributed by atoms with van der Waals surface area (Å²) in [6.07, 6.45) is 2.73. The van der Waals surface area contributed by atoms with Crippen molar-refractivity contribution in [1.29, 1.82) is 0 Å². The lowest BCUT2D eigenvalue weighted by Gasteiger charge is -2.32. The molecule has 0 saturated carbocycles. The second-order valence-electron chi connectivity index (χ2n) is 6.92. The normalized spacial score (nSPS) is 17.8. The van der Waals surface area contributed by atoms with Gasteiger partial charge in [0.25, 0.3) is 5.91 Å². The minimum absolute atomic E-state index is 0.00465. The number of rotatable bonds is 7. The van der Waals surface area contributed by atoms with E-state index in [-0.39, 0.29) is 18.2 Å². The van der Waals surface area contributed by atoms with Crippen LogP contribution in [-0.2, 0) is 4.79 Å². The molecule has 5 nitrogen and oxygen atoms in total. The standard InChI is InChI=1S/C19H27NO4/c1-14(2)13-24-17-7-3-6-16(11-17)19(23)20-10-4-5-15(12-20)8-9-18(21)22/h3,6-7,11,14-15H,4-5,8-10,12-13H2,1-2H3,(H,21,22). The first-order valence-corrected chi connectivity index (χ1v) is 8.69. The number of piperidine rings is 1. The van der Waals surface area contributed by atoms with Crippen LogP contribution in [0.25, 0.3) is 0 Å². The third-order valence-corrected chi connectivity index (χ3v) is 4.24. The average Bonchev–Trinajstić information content (AvgIpc) is 2.58. The Bertz CT molecular complexity index is 570. The Morgan fingerprint density at radius 2 is 2.17 bits per heavy atom. The smallest absolute Gasteiger partial charge is 0.303 e. The molecule has 0 spiro atoms. The number of carboxylic acid groups (broad SMARTS) is 1. The Balaban J connectivity index is 1.97. The van der Waals surface area contributed by atoms with Gasteiger partial charge in [0.15, 0.2) is 0 Å². The van der Waals surface area contributed by atoms with Gasteiger partial charge in [0.2, 0.25) is 0 Å². The molecule has 0 radical (unpaired) electrons. The number of carbonyl (C=O) groups excluding carboxylic acids is 1. The number of amides is 1. The van der Waals surface area contributed by atoms with Gasteiger partial charge < -0.3 is 14.7 Å². The van der Waals surface area contributed by atoms with Gasteiger partial charge in [-0.3, -0.25) is 9.59 Å². The Kier molecular flexibility index (Phi) is 6.64. The first-order valence-electron chi connectivity index (χ1n) is 8.69. The highest BCUT2D eigenvalue weighted by Crippen LogP contribution is 2.23. The van der Waals surface area contributed by atoms with Gasteiger partial charge in [0.1, 0.15) is 5.75 Å². The number of carboxylic acids is 1. The minimum Gasteiger partial charge on any atom is -0.493 e. The maximum atomic E-state index is 12.7. The van der Waals surface area contributed by atoms with Crippen LogP contribution in [0.15, 0.2) is 24.3 Å². The first kappa shape index (κ1) is 18.3. The summed E-state index contributed by atoms with van der Waals surface area (Å²) < 4.78 is 5.70. The molecule has 1 fully saturated rings. The summed E-state index contributed by atoms with van der Waals surface area (Å²) >= 11 is 0. The van der Waals surface area contributed by atoms with Crippen LogP contribution in [0.4, 0.5) is 0 Å². The fourth-order valence-electron chi connectivity index (χ4n) is 2.98. The van der Waals surface area contributed by atoms with E-state index in [0.29, 0.717) is 36.8 Å². The third kappa shape index (κ3) is 5.55. The van der Waals surface area contributed by atoms with Crippen molar-refractivity contribution in [2.45, 2.75) is 39.5 Å². The van der Waals surface area contributed by atoms with Crippen LogP contribution in [0, 0.1) is 11.8 Å². The van der Waals surface area contributed by atoms with Crippen molar-refractivity contribution in [2.75, 3.05) is 19.7 Å². The Hall–Kier alpha value is -2.04. The van der Waals surface area contributed by atoms with E-state index in [4.69, 9.17) is 9.84 Å². The van der Waals surface area contributed by atoms with Gasteiger partial charge in [0.05, 0.1) is 6.61 Å². The van der Waals surface area contributed by atoms with Crippen LogP contribution in [0.1, 0.15) is 49.9 Å². The van der Waals surface area contributed by atoms with E-state index >= 15 is 0 Å². The summed E-state index contributed by atoms with van der Waals surface area (Å²) in [6, 6.07) is 7.32. The molecule has 1 saturated heterocycles. The molecule has 1 aliphatic heterocycles. The van der Waals surface area contributed by atoms with E-state index in [0.717, 1.165) is 19.4 Å². The number of benzene rings is 1. The molecule has 0 bridgehead atoms. The van der Waals surface area contributed by atoms with E-state index in [1.807, 2.05) is 23.1 Å². The molecule has 2 rings (SSSR count). The van der Waals surface area contributed by atoms with Crippen LogP contribution >= 0.6 is 0 Å². The number of hydrogen-bond acceptors (Lipinski definition) is 3. The molecule has 1 aromatic rings. The summed E-state index contributed by atoms with van der Waals surface area (Å²) in [7, 11) is 0.